The first-order valence-corrected chi connectivity index (χ1v) is 5.09. The molecular weight excluding hydrogens is 186 g/mol. The molecule has 0 saturated carbocycles. The zero-order chi connectivity index (χ0) is 10.7. The molecule has 0 aliphatic rings. The first-order chi connectivity index (χ1) is 7.31. The van der Waals surface area contributed by atoms with Crippen LogP contribution in [0.1, 0.15) is 18.7 Å². The zero-order valence-electron chi connectivity index (χ0n) is 9.01. The van der Waals surface area contributed by atoms with E-state index in [-0.39, 0.29) is 6.04 Å². The molecule has 1 aromatic carbocycles. The molecule has 0 amide bonds. The largest absolute Gasteiger partial charge is 0.312 e. The molecule has 0 bridgehead atoms. The molecule has 2 rings (SSSR count). The van der Waals surface area contributed by atoms with E-state index in [1.807, 2.05) is 54.3 Å². The molecule has 0 fully saturated rings. The third kappa shape index (κ3) is 2.07. The normalized spacial score (nSPS) is 12.7. The molecule has 2 aromatic rings. The molecule has 0 saturated heterocycles. The molecule has 0 aliphatic carbocycles. The Balaban J connectivity index is 2.28. The smallest absolute Gasteiger partial charge is 0.0795 e. The molecule has 78 valence electrons. The van der Waals surface area contributed by atoms with Gasteiger partial charge in [-0.3, -0.25) is 0 Å². The lowest BCUT2D eigenvalue weighted by Crippen LogP contribution is -2.13. The highest BCUT2D eigenvalue weighted by molar-refractivity contribution is 5.30. The van der Waals surface area contributed by atoms with Crippen LogP contribution in [0.15, 0.2) is 42.6 Å². The quantitative estimate of drug-likeness (QED) is 0.824. The topological polar surface area (TPSA) is 29.9 Å². The van der Waals surface area contributed by atoms with Gasteiger partial charge in [0.2, 0.25) is 0 Å². The van der Waals surface area contributed by atoms with Gasteiger partial charge in [0, 0.05) is 12.2 Å². The van der Waals surface area contributed by atoms with Crippen molar-refractivity contribution in [1.29, 1.82) is 0 Å². The number of benzene rings is 1. The van der Waals surface area contributed by atoms with Crippen molar-refractivity contribution in [2.75, 3.05) is 7.05 Å². The maximum Gasteiger partial charge on any atom is 0.0795 e. The summed E-state index contributed by atoms with van der Waals surface area (Å²) in [6.07, 6.45) is 1.98. The minimum atomic E-state index is 0.287. The van der Waals surface area contributed by atoms with Gasteiger partial charge in [0.15, 0.2) is 0 Å². The van der Waals surface area contributed by atoms with Crippen molar-refractivity contribution < 1.29 is 0 Å². The number of nitrogens with zero attached hydrogens (tertiary/aromatic N) is 2. The van der Waals surface area contributed by atoms with Crippen molar-refractivity contribution in [3.63, 3.8) is 0 Å². The number of hydrogen-bond donors (Lipinski definition) is 1. The first kappa shape index (κ1) is 9.93. The third-order valence-corrected chi connectivity index (χ3v) is 2.51. The number of rotatable bonds is 3. The molecule has 1 N–H and O–H groups in total. The van der Waals surface area contributed by atoms with Crippen molar-refractivity contribution in [1.82, 2.24) is 15.1 Å². The SMILES string of the molecule is CNC(C)c1ccn(-c2ccccc2)n1. The van der Waals surface area contributed by atoms with Crippen LogP contribution >= 0.6 is 0 Å². The number of hydrogen-bond acceptors (Lipinski definition) is 2. The van der Waals surface area contributed by atoms with Crippen LogP contribution < -0.4 is 5.32 Å². The lowest BCUT2D eigenvalue weighted by molar-refractivity contribution is 0.622. The van der Waals surface area contributed by atoms with Crippen LogP contribution in [0.25, 0.3) is 5.69 Å². The van der Waals surface area contributed by atoms with E-state index in [0.717, 1.165) is 11.4 Å². The highest BCUT2D eigenvalue weighted by Crippen LogP contribution is 2.11. The van der Waals surface area contributed by atoms with Crippen molar-refractivity contribution in [2.24, 2.45) is 0 Å². The summed E-state index contributed by atoms with van der Waals surface area (Å²) in [6, 6.07) is 12.4. The van der Waals surface area contributed by atoms with Gasteiger partial charge < -0.3 is 5.32 Å². The lowest BCUT2D eigenvalue weighted by atomic mass is 10.2. The van der Waals surface area contributed by atoms with Gasteiger partial charge in [-0.05, 0) is 32.2 Å². The molecule has 1 heterocycles. The van der Waals surface area contributed by atoms with Crippen molar-refractivity contribution in [2.45, 2.75) is 13.0 Å². The zero-order valence-corrected chi connectivity index (χ0v) is 9.01. The van der Waals surface area contributed by atoms with Crippen LogP contribution in [-0.4, -0.2) is 16.8 Å². The standard InChI is InChI=1S/C12H15N3/c1-10(13-2)12-8-9-15(14-12)11-6-4-3-5-7-11/h3-10,13H,1-2H3. The van der Waals surface area contributed by atoms with Crippen LogP contribution in [0.5, 0.6) is 0 Å². The van der Waals surface area contributed by atoms with Gasteiger partial charge in [-0.15, -0.1) is 0 Å². The second-order valence-electron chi connectivity index (χ2n) is 3.53. The van der Waals surface area contributed by atoms with E-state index < -0.39 is 0 Å². The fraction of sp³-hybridized carbons (Fsp3) is 0.250. The maximum absolute atomic E-state index is 4.51. The molecule has 3 heteroatoms. The molecule has 1 aromatic heterocycles. The molecule has 3 nitrogen and oxygen atoms in total. The van der Waals surface area contributed by atoms with Gasteiger partial charge in [-0.1, -0.05) is 18.2 Å². The summed E-state index contributed by atoms with van der Waals surface area (Å²) in [5.74, 6) is 0. The Morgan fingerprint density at radius 1 is 1.20 bits per heavy atom. The number of para-hydroxylation sites is 1. The highest BCUT2D eigenvalue weighted by atomic mass is 15.3. The van der Waals surface area contributed by atoms with Crippen molar-refractivity contribution in [3.8, 4) is 5.69 Å². The van der Waals surface area contributed by atoms with E-state index >= 15 is 0 Å². The minimum absolute atomic E-state index is 0.287. The minimum Gasteiger partial charge on any atom is -0.312 e. The van der Waals surface area contributed by atoms with Crippen LogP contribution in [0.3, 0.4) is 0 Å². The van der Waals surface area contributed by atoms with E-state index in [4.69, 9.17) is 0 Å². The van der Waals surface area contributed by atoms with Crippen molar-refractivity contribution in [3.05, 3.63) is 48.3 Å². The van der Waals surface area contributed by atoms with Gasteiger partial charge in [0.05, 0.1) is 11.4 Å². The van der Waals surface area contributed by atoms with Crippen LogP contribution in [0.4, 0.5) is 0 Å². The highest BCUT2D eigenvalue weighted by Gasteiger charge is 2.06. The summed E-state index contributed by atoms with van der Waals surface area (Å²) in [4.78, 5) is 0. The van der Waals surface area contributed by atoms with Gasteiger partial charge >= 0.3 is 0 Å². The van der Waals surface area contributed by atoms with E-state index in [1.54, 1.807) is 0 Å². The lowest BCUT2D eigenvalue weighted by Gasteiger charge is -2.05. The summed E-state index contributed by atoms with van der Waals surface area (Å²) in [6.45, 7) is 2.09. The van der Waals surface area contributed by atoms with E-state index in [2.05, 4.69) is 17.3 Å². The van der Waals surface area contributed by atoms with Crippen LogP contribution in [-0.2, 0) is 0 Å². The fourth-order valence-electron chi connectivity index (χ4n) is 1.44. The van der Waals surface area contributed by atoms with E-state index in [9.17, 15) is 0 Å². The van der Waals surface area contributed by atoms with Gasteiger partial charge in [-0.2, -0.15) is 5.10 Å². The summed E-state index contributed by atoms with van der Waals surface area (Å²) in [5.41, 5.74) is 2.15. The Morgan fingerprint density at radius 2 is 1.93 bits per heavy atom. The molecule has 1 unspecified atom stereocenters. The summed E-state index contributed by atoms with van der Waals surface area (Å²) < 4.78 is 1.89. The van der Waals surface area contributed by atoms with E-state index in [1.165, 1.54) is 0 Å². The molecular formula is C12H15N3. The summed E-state index contributed by atoms with van der Waals surface area (Å²) in [5, 5.41) is 7.68. The Hall–Kier alpha value is -1.61. The predicted molar refractivity (Wildman–Crippen MR) is 61.0 cm³/mol. The van der Waals surface area contributed by atoms with Crippen LogP contribution in [0.2, 0.25) is 0 Å². The summed E-state index contributed by atoms with van der Waals surface area (Å²) in [7, 11) is 1.94. The molecule has 1 atom stereocenters. The van der Waals surface area contributed by atoms with Crippen molar-refractivity contribution >= 4 is 0 Å². The maximum atomic E-state index is 4.51. The fourth-order valence-corrected chi connectivity index (χ4v) is 1.44. The Labute approximate surface area is 89.7 Å². The van der Waals surface area contributed by atoms with Gasteiger partial charge in [0.25, 0.3) is 0 Å². The molecule has 0 aliphatic heterocycles. The monoisotopic (exact) mass is 201 g/mol. The Morgan fingerprint density at radius 3 is 2.60 bits per heavy atom. The third-order valence-electron chi connectivity index (χ3n) is 2.51. The predicted octanol–water partition coefficient (Wildman–Crippen LogP) is 2.15. The average molecular weight is 201 g/mol. The number of aromatic nitrogens is 2. The average Bonchev–Trinajstić information content (AvgIpc) is 2.78. The van der Waals surface area contributed by atoms with Gasteiger partial charge in [0.1, 0.15) is 0 Å². The first-order valence-electron chi connectivity index (χ1n) is 5.09. The van der Waals surface area contributed by atoms with Crippen LogP contribution in [0, 0.1) is 0 Å². The second kappa shape index (κ2) is 4.28. The van der Waals surface area contributed by atoms with E-state index in [0.29, 0.717) is 0 Å². The Kier molecular flexibility index (Phi) is 2.83. The molecule has 0 spiro atoms. The molecule has 15 heavy (non-hydrogen) atoms. The Bertz CT molecular complexity index is 419. The second-order valence-corrected chi connectivity index (χ2v) is 3.53. The summed E-state index contributed by atoms with van der Waals surface area (Å²) >= 11 is 0. The van der Waals surface area contributed by atoms with Gasteiger partial charge in [-0.25, -0.2) is 4.68 Å². The molecule has 0 radical (unpaired) electrons. The number of nitrogens with one attached hydrogen (secondary N) is 1.